The van der Waals surface area contributed by atoms with Gasteiger partial charge in [-0.05, 0) is 43.0 Å². The zero-order valence-corrected chi connectivity index (χ0v) is 16.8. The maximum Gasteiger partial charge on any atom is 0.247 e. The molecular weight excluding hydrogens is 392 g/mol. The lowest BCUT2D eigenvalue weighted by Gasteiger charge is -2.36. The Labute approximate surface area is 163 Å². The molecule has 2 heterocycles. The molecule has 2 aliphatic rings. The van der Waals surface area contributed by atoms with Crippen LogP contribution in [0, 0.1) is 5.92 Å². The van der Waals surface area contributed by atoms with Crippen LogP contribution in [0.4, 0.5) is 0 Å². The Morgan fingerprint density at radius 2 is 1.62 bits per heavy atom. The Morgan fingerprint density at radius 3 is 2.35 bits per heavy atom. The summed E-state index contributed by atoms with van der Waals surface area (Å²) in [5, 5.41) is 8.44. The molecule has 0 amide bonds. The van der Waals surface area contributed by atoms with Crippen molar-refractivity contribution in [1.29, 1.82) is 0 Å². The second kappa shape index (κ2) is 8.63. The molecule has 2 aromatic rings. The molecule has 1 aliphatic carbocycles. The van der Waals surface area contributed by atoms with Gasteiger partial charge in [-0.15, -0.1) is 10.2 Å². The fourth-order valence-electron chi connectivity index (χ4n) is 4.08. The van der Waals surface area contributed by atoms with Gasteiger partial charge in [0.25, 0.3) is 0 Å². The first kappa shape index (κ1) is 18.1. The molecule has 140 valence electrons. The van der Waals surface area contributed by atoms with E-state index in [2.05, 4.69) is 35.9 Å². The van der Waals surface area contributed by atoms with Crippen LogP contribution in [0.3, 0.4) is 0 Å². The van der Waals surface area contributed by atoms with Gasteiger partial charge in [0.05, 0.1) is 6.54 Å². The van der Waals surface area contributed by atoms with E-state index in [0.29, 0.717) is 11.8 Å². The molecule has 1 saturated carbocycles. The molecule has 1 aliphatic heterocycles. The second-order valence-electron chi connectivity index (χ2n) is 7.59. The first-order chi connectivity index (χ1) is 12.8. The van der Waals surface area contributed by atoms with Gasteiger partial charge in [-0.2, -0.15) is 0 Å². The van der Waals surface area contributed by atoms with Crippen LogP contribution < -0.4 is 0 Å². The Bertz CT molecular complexity index is 688. The lowest BCUT2D eigenvalue weighted by atomic mass is 9.89. The van der Waals surface area contributed by atoms with Crippen molar-refractivity contribution in [1.82, 2.24) is 20.0 Å². The van der Waals surface area contributed by atoms with Gasteiger partial charge in [-0.3, -0.25) is 4.90 Å². The van der Waals surface area contributed by atoms with E-state index in [4.69, 9.17) is 4.42 Å². The third kappa shape index (κ3) is 4.72. The van der Waals surface area contributed by atoms with Crippen molar-refractivity contribution in [2.75, 3.05) is 32.7 Å². The molecular formula is C20H27BrN4O. The van der Waals surface area contributed by atoms with E-state index in [-0.39, 0.29) is 0 Å². The van der Waals surface area contributed by atoms with Crippen molar-refractivity contribution in [3.63, 3.8) is 0 Å². The normalized spacial score (nSPS) is 20.5. The summed E-state index contributed by atoms with van der Waals surface area (Å²) in [6.07, 6.45) is 7.17. The molecule has 2 fully saturated rings. The minimum atomic E-state index is 0.600. The summed E-state index contributed by atoms with van der Waals surface area (Å²) in [7, 11) is 0. The van der Waals surface area contributed by atoms with Crippen LogP contribution in [0.2, 0.25) is 0 Å². The van der Waals surface area contributed by atoms with Gasteiger partial charge in [0.2, 0.25) is 11.8 Å². The highest BCUT2D eigenvalue weighted by Gasteiger charge is 2.22. The Morgan fingerprint density at radius 1 is 0.923 bits per heavy atom. The maximum atomic E-state index is 5.87. The van der Waals surface area contributed by atoms with E-state index in [0.717, 1.165) is 48.7 Å². The lowest BCUT2D eigenvalue weighted by Crippen LogP contribution is -2.47. The van der Waals surface area contributed by atoms with Crippen molar-refractivity contribution < 1.29 is 4.42 Å². The minimum Gasteiger partial charge on any atom is -0.419 e. The van der Waals surface area contributed by atoms with Crippen LogP contribution in [0.1, 0.15) is 38.0 Å². The molecule has 26 heavy (non-hydrogen) atoms. The highest BCUT2D eigenvalue weighted by Crippen LogP contribution is 2.25. The molecule has 1 aromatic heterocycles. The average Bonchev–Trinajstić information content (AvgIpc) is 3.13. The van der Waals surface area contributed by atoms with Gasteiger partial charge < -0.3 is 9.32 Å². The number of hydrogen-bond donors (Lipinski definition) is 0. The highest BCUT2D eigenvalue weighted by molar-refractivity contribution is 9.10. The largest absolute Gasteiger partial charge is 0.419 e. The van der Waals surface area contributed by atoms with E-state index >= 15 is 0 Å². The predicted molar refractivity (Wildman–Crippen MR) is 106 cm³/mol. The zero-order valence-electron chi connectivity index (χ0n) is 15.2. The van der Waals surface area contributed by atoms with Gasteiger partial charge in [0, 0.05) is 42.8 Å². The topological polar surface area (TPSA) is 45.4 Å². The number of piperazine rings is 1. The van der Waals surface area contributed by atoms with Crippen LogP contribution in [-0.4, -0.2) is 52.7 Å². The van der Waals surface area contributed by atoms with Crippen LogP contribution >= 0.6 is 15.9 Å². The van der Waals surface area contributed by atoms with Crippen molar-refractivity contribution in [3.05, 3.63) is 34.6 Å². The monoisotopic (exact) mass is 418 g/mol. The molecule has 1 aromatic carbocycles. The van der Waals surface area contributed by atoms with Crippen LogP contribution in [0.25, 0.3) is 11.5 Å². The molecule has 0 radical (unpaired) electrons. The number of nitrogens with zero attached hydrogens (tertiary/aromatic N) is 4. The third-order valence-electron chi connectivity index (χ3n) is 5.62. The molecule has 0 spiro atoms. The van der Waals surface area contributed by atoms with Gasteiger partial charge >= 0.3 is 0 Å². The minimum absolute atomic E-state index is 0.600. The Balaban J connectivity index is 1.26. The van der Waals surface area contributed by atoms with Crippen LogP contribution in [0.15, 0.2) is 33.2 Å². The summed E-state index contributed by atoms with van der Waals surface area (Å²) in [6.45, 7) is 6.53. The summed E-state index contributed by atoms with van der Waals surface area (Å²) in [6, 6.07) is 7.96. The zero-order chi connectivity index (χ0) is 17.8. The standard InChI is InChI=1S/C20H27BrN4O/c21-18-8-6-17(7-9-18)20-23-22-19(26-20)15-25-12-10-24(11-13-25)14-16-4-2-1-3-5-16/h6-9,16H,1-5,10-15H2. The summed E-state index contributed by atoms with van der Waals surface area (Å²) in [4.78, 5) is 5.07. The number of aromatic nitrogens is 2. The molecule has 0 unspecified atom stereocenters. The Hall–Kier alpha value is -1.24. The molecule has 0 bridgehead atoms. The van der Waals surface area contributed by atoms with Gasteiger partial charge in [-0.25, -0.2) is 0 Å². The van der Waals surface area contributed by atoms with Gasteiger partial charge in [-0.1, -0.05) is 35.2 Å². The lowest BCUT2D eigenvalue weighted by molar-refractivity contribution is 0.0996. The van der Waals surface area contributed by atoms with Crippen LogP contribution in [0.5, 0.6) is 0 Å². The molecule has 4 rings (SSSR count). The van der Waals surface area contributed by atoms with E-state index in [1.807, 2.05) is 24.3 Å². The summed E-state index contributed by atoms with van der Waals surface area (Å²) in [5.74, 6) is 2.24. The summed E-state index contributed by atoms with van der Waals surface area (Å²) in [5.41, 5.74) is 0.962. The van der Waals surface area contributed by atoms with Gasteiger partial charge in [0.1, 0.15) is 0 Å². The quantitative estimate of drug-likeness (QED) is 0.727. The van der Waals surface area contributed by atoms with E-state index in [1.165, 1.54) is 38.6 Å². The molecule has 6 heteroatoms. The molecule has 0 atom stereocenters. The van der Waals surface area contributed by atoms with Gasteiger partial charge in [0.15, 0.2) is 0 Å². The molecule has 0 N–H and O–H groups in total. The van der Waals surface area contributed by atoms with Crippen molar-refractivity contribution >= 4 is 15.9 Å². The third-order valence-corrected chi connectivity index (χ3v) is 6.15. The molecule has 1 saturated heterocycles. The van der Waals surface area contributed by atoms with E-state index in [1.54, 1.807) is 0 Å². The molecule has 5 nitrogen and oxygen atoms in total. The highest BCUT2D eigenvalue weighted by atomic mass is 79.9. The summed E-state index contributed by atoms with van der Waals surface area (Å²) < 4.78 is 6.92. The number of halogens is 1. The maximum absolute atomic E-state index is 5.87. The van der Waals surface area contributed by atoms with E-state index in [9.17, 15) is 0 Å². The summed E-state index contributed by atoms with van der Waals surface area (Å²) >= 11 is 3.45. The Kier molecular flexibility index (Phi) is 6.02. The number of hydrogen-bond acceptors (Lipinski definition) is 5. The number of benzene rings is 1. The first-order valence-corrected chi connectivity index (χ1v) is 10.6. The second-order valence-corrected chi connectivity index (χ2v) is 8.50. The average molecular weight is 419 g/mol. The van der Waals surface area contributed by atoms with Crippen LogP contribution in [-0.2, 0) is 6.54 Å². The van der Waals surface area contributed by atoms with Crippen molar-refractivity contribution in [2.45, 2.75) is 38.6 Å². The number of rotatable bonds is 5. The van der Waals surface area contributed by atoms with Crippen molar-refractivity contribution in [2.24, 2.45) is 5.92 Å². The SMILES string of the molecule is Brc1ccc(-c2nnc(CN3CCN(CC4CCCCC4)CC3)o2)cc1. The fraction of sp³-hybridized carbons (Fsp3) is 0.600. The predicted octanol–water partition coefficient (Wildman–Crippen LogP) is 4.20. The smallest absolute Gasteiger partial charge is 0.247 e. The first-order valence-electron chi connectivity index (χ1n) is 9.79. The van der Waals surface area contributed by atoms with E-state index < -0.39 is 0 Å². The van der Waals surface area contributed by atoms with Crippen molar-refractivity contribution in [3.8, 4) is 11.5 Å². The fourth-order valence-corrected chi connectivity index (χ4v) is 4.35.